The van der Waals surface area contributed by atoms with Crippen molar-refractivity contribution in [1.82, 2.24) is 9.80 Å². The normalized spacial score (nSPS) is 33.3. The number of hydrogen-bond acceptors (Lipinski definition) is 3. The van der Waals surface area contributed by atoms with Gasteiger partial charge in [-0.15, -0.1) is 11.3 Å². The van der Waals surface area contributed by atoms with Crippen LogP contribution in [-0.4, -0.2) is 47.4 Å². The first-order chi connectivity index (χ1) is 11.7. The molecule has 4 atom stereocenters. The second-order valence-corrected chi connectivity index (χ2v) is 9.06. The maximum atomic E-state index is 13.0. The molecule has 1 amide bonds. The van der Waals surface area contributed by atoms with Gasteiger partial charge in [0.15, 0.2) is 0 Å². The van der Waals surface area contributed by atoms with Crippen molar-refractivity contribution in [2.75, 3.05) is 19.6 Å². The minimum absolute atomic E-state index is 0.284. The molecule has 0 aromatic carbocycles. The van der Waals surface area contributed by atoms with Crippen LogP contribution in [0.4, 0.5) is 0 Å². The highest BCUT2D eigenvalue weighted by atomic mass is 32.1. The Hall–Kier alpha value is -0.870. The summed E-state index contributed by atoms with van der Waals surface area (Å²) in [5.41, 5.74) is 1.14. The number of amides is 1. The highest BCUT2D eigenvalue weighted by Crippen LogP contribution is 2.41. The van der Waals surface area contributed by atoms with Crippen LogP contribution in [0.2, 0.25) is 0 Å². The third-order valence-corrected chi connectivity index (χ3v) is 7.48. The molecule has 3 aliphatic rings. The van der Waals surface area contributed by atoms with E-state index in [-0.39, 0.29) is 5.91 Å². The Kier molecular flexibility index (Phi) is 4.70. The van der Waals surface area contributed by atoms with E-state index < -0.39 is 0 Å². The quantitative estimate of drug-likeness (QED) is 0.820. The Morgan fingerprint density at radius 3 is 2.92 bits per heavy atom. The van der Waals surface area contributed by atoms with Crippen LogP contribution in [0.25, 0.3) is 0 Å². The van der Waals surface area contributed by atoms with Gasteiger partial charge in [0.1, 0.15) is 0 Å². The number of nitrogens with zero attached hydrogens (tertiary/aromatic N) is 2. The number of carbonyl (C=O) groups is 1. The molecule has 3 nitrogen and oxygen atoms in total. The van der Waals surface area contributed by atoms with E-state index in [2.05, 4.69) is 29.7 Å². The summed E-state index contributed by atoms with van der Waals surface area (Å²) in [5, 5.41) is 2.05. The summed E-state index contributed by atoms with van der Waals surface area (Å²) < 4.78 is 0. The zero-order valence-corrected chi connectivity index (χ0v) is 15.9. The summed E-state index contributed by atoms with van der Waals surface area (Å²) in [7, 11) is 0. The van der Waals surface area contributed by atoms with Crippen molar-refractivity contribution >= 4 is 17.2 Å². The van der Waals surface area contributed by atoms with Crippen molar-refractivity contribution in [3.8, 4) is 0 Å². The maximum Gasteiger partial charge on any atom is 0.264 e. The molecule has 0 aliphatic carbocycles. The van der Waals surface area contributed by atoms with Crippen molar-refractivity contribution in [3.63, 3.8) is 0 Å². The zero-order chi connectivity index (χ0) is 16.7. The second kappa shape index (κ2) is 6.80. The van der Waals surface area contributed by atoms with Crippen molar-refractivity contribution in [2.45, 2.75) is 64.5 Å². The smallest absolute Gasteiger partial charge is 0.264 e. The van der Waals surface area contributed by atoms with E-state index in [4.69, 9.17) is 0 Å². The molecule has 0 N–H and O–H groups in total. The largest absolute Gasteiger partial charge is 0.337 e. The summed E-state index contributed by atoms with van der Waals surface area (Å²) in [6.45, 7) is 7.55. The molecule has 2 bridgehead atoms. The van der Waals surface area contributed by atoms with E-state index in [1.807, 2.05) is 5.38 Å². The third-order valence-electron chi connectivity index (χ3n) is 6.48. The predicted molar refractivity (Wildman–Crippen MR) is 99.6 cm³/mol. The third kappa shape index (κ3) is 2.92. The Labute approximate surface area is 150 Å². The van der Waals surface area contributed by atoms with Crippen LogP contribution in [0.3, 0.4) is 0 Å². The molecule has 4 heteroatoms. The van der Waals surface area contributed by atoms with Gasteiger partial charge in [-0.3, -0.25) is 9.69 Å². The molecule has 1 aromatic rings. The van der Waals surface area contributed by atoms with Crippen LogP contribution in [0.1, 0.15) is 60.7 Å². The van der Waals surface area contributed by atoms with Gasteiger partial charge >= 0.3 is 0 Å². The van der Waals surface area contributed by atoms with Gasteiger partial charge in [0.25, 0.3) is 5.91 Å². The van der Waals surface area contributed by atoms with Gasteiger partial charge in [0.05, 0.1) is 4.88 Å². The minimum atomic E-state index is 0.284. The molecule has 24 heavy (non-hydrogen) atoms. The standard InChI is InChI=1S/C20H30N2OS/c1-3-5-17-6-4-7-18-16-10-15(12-22(17)18)11-21(13-16)20(23)19-14(2)8-9-24-19/h8-9,15-18H,3-7,10-13H2,1-2H3/t15-,16+,17-,18-/m0/s1. The summed E-state index contributed by atoms with van der Waals surface area (Å²) in [6.07, 6.45) is 8.11. The molecule has 3 saturated heterocycles. The molecule has 3 fully saturated rings. The molecular weight excluding hydrogens is 316 g/mol. The molecule has 4 rings (SSSR count). The predicted octanol–water partition coefficient (Wildman–Crippen LogP) is 4.17. The fourth-order valence-corrected chi connectivity index (χ4v) is 6.35. The molecule has 3 aliphatic heterocycles. The van der Waals surface area contributed by atoms with Gasteiger partial charge in [-0.1, -0.05) is 19.8 Å². The summed E-state index contributed by atoms with van der Waals surface area (Å²) in [6, 6.07) is 3.60. The van der Waals surface area contributed by atoms with Crippen molar-refractivity contribution in [1.29, 1.82) is 0 Å². The first-order valence-electron chi connectivity index (χ1n) is 9.76. The Morgan fingerprint density at radius 1 is 1.29 bits per heavy atom. The van der Waals surface area contributed by atoms with Gasteiger partial charge in [0, 0.05) is 31.7 Å². The second-order valence-electron chi connectivity index (χ2n) is 8.14. The van der Waals surface area contributed by atoms with Crippen LogP contribution in [0.5, 0.6) is 0 Å². The fraction of sp³-hybridized carbons (Fsp3) is 0.750. The van der Waals surface area contributed by atoms with E-state index in [9.17, 15) is 4.79 Å². The Balaban J connectivity index is 1.50. The molecule has 0 spiro atoms. The minimum Gasteiger partial charge on any atom is -0.337 e. The number of carbonyl (C=O) groups excluding carboxylic acids is 1. The first kappa shape index (κ1) is 16.6. The maximum absolute atomic E-state index is 13.0. The first-order valence-corrected chi connectivity index (χ1v) is 10.6. The van der Waals surface area contributed by atoms with E-state index in [1.54, 1.807) is 11.3 Å². The lowest BCUT2D eigenvalue weighted by Gasteiger charge is -2.55. The number of piperidine rings is 3. The van der Waals surface area contributed by atoms with Crippen molar-refractivity contribution in [2.24, 2.45) is 11.8 Å². The zero-order valence-electron chi connectivity index (χ0n) is 15.0. The number of fused-ring (bicyclic) bond motifs is 4. The van der Waals surface area contributed by atoms with Crippen LogP contribution in [-0.2, 0) is 0 Å². The van der Waals surface area contributed by atoms with Crippen LogP contribution in [0, 0.1) is 18.8 Å². The molecule has 0 unspecified atom stereocenters. The topological polar surface area (TPSA) is 23.6 Å². The van der Waals surface area contributed by atoms with Crippen LogP contribution >= 0.6 is 11.3 Å². The van der Waals surface area contributed by atoms with E-state index in [0.29, 0.717) is 11.8 Å². The van der Waals surface area contributed by atoms with Gasteiger partial charge in [-0.25, -0.2) is 0 Å². The highest BCUT2D eigenvalue weighted by Gasteiger charge is 2.45. The van der Waals surface area contributed by atoms with E-state index >= 15 is 0 Å². The van der Waals surface area contributed by atoms with Crippen LogP contribution in [0.15, 0.2) is 11.4 Å². The lowest BCUT2D eigenvalue weighted by Crippen LogP contribution is -2.62. The molecule has 132 valence electrons. The lowest BCUT2D eigenvalue weighted by atomic mass is 9.74. The Morgan fingerprint density at radius 2 is 2.17 bits per heavy atom. The highest BCUT2D eigenvalue weighted by molar-refractivity contribution is 7.12. The van der Waals surface area contributed by atoms with Crippen LogP contribution < -0.4 is 0 Å². The summed E-state index contributed by atoms with van der Waals surface area (Å²) in [5.74, 6) is 1.66. The SMILES string of the molecule is CCC[C@H]1CCC[C@H]2[C@@H]3C[C@@H](CN(C(=O)c4sccc4C)C3)CN12. The van der Waals surface area contributed by atoms with Crippen molar-refractivity contribution in [3.05, 3.63) is 21.9 Å². The number of hydrogen-bond donors (Lipinski definition) is 0. The molecule has 0 saturated carbocycles. The number of thiophene rings is 1. The van der Waals surface area contributed by atoms with Gasteiger partial charge in [0.2, 0.25) is 0 Å². The Bertz CT molecular complexity index is 596. The average molecular weight is 347 g/mol. The lowest BCUT2D eigenvalue weighted by molar-refractivity contribution is -0.0518. The fourth-order valence-electron chi connectivity index (χ4n) is 5.46. The number of likely N-dealkylation sites (tertiary alicyclic amines) is 1. The van der Waals surface area contributed by atoms with Gasteiger partial charge in [-0.2, -0.15) is 0 Å². The number of aryl methyl sites for hydroxylation is 1. The molecular formula is C20H30N2OS. The van der Waals surface area contributed by atoms with E-state index in [0.717, 1.165) is 35.6 Å². The van der Waals surface area contributed by atoms with Gasteiger partial charge < -0.3 is 4.90 Å². The summed E-state index contributed by atoms with van der Waals surface area (Å²) >= 11 is 1.61. The number of rotatable bonds is 3. The summed E-state index contributed by atoms with van der Waals surface area (Å²) in [4.78, 5) is 19.0. The van der Waals surface area contributed by atoms with E-state index in [1.165, 1.54) is 45.1 Å². The van der Waals surface area contributed by atoms with Crippen molar-refractivity contribution < 1.29 is 4.79 Å². The molecule has 1 aromatic heterocycles. The molecule has 4 heterocycles. The van der Waals surface area contributed by atoms with Gasteiger partial charge in [-0.05, 0) is 61.5 Å². The molecule has 0 radical (unpaired) electrons. The monoisotopic (exact) mass is 346 g/mol. The average Bonchev–Trinajstić information content (AvgIpc) is 3.01.